The maximum atomic E-state index is 13.3. The van der Waals surface area contributed by atoms with Crippen molar-refractivity contribution in [3.63, 3.8) is 0 Å². The topological polar surface area (TPSA) is 106 Å². The average molecular weight is 556 g/mol. The van der Waals surface area contributed by atoms with Crippen LogP contribution in [0.3, 0.4) is 0 Å². The number of Topliss-reactive ketones (excluding diaryl/α,β-unsaturated/α-hetero) is 1. The number of hydrogen-bond donors (Lipinski definition) is 2. The van der Waals surface area contributed by atoms with Gasteiger partial charge in [-0.3, -0.25) is 14.4 Å². The van der Waals surface area contributed by atoms with Crippen molar-refractivity contribution in [1.29, 1.82) is 5.26 Å². The number of nitrogens with one attached hydrogen (secondary N) is 2. The van der Waals surface area contributed by atoms with Crippen LogP contribution in [0.5, 0.6) is 0 Å². The Kier molecular flexibility index (Phi) is 8.34. The lowest BCUT2D eigenvalue weighted by atomic mass is 10.2. The van der Waals surface area contributed by atoms with E-state index in [0.717, 1.165) is 30.1 Å². The van der Waals surface area contributed by atoms with Gasteiger partial charge in [-0.1, -0.05) is 41.4 Å². The van der Waals surface area contributed by atoms with Gasteiger partial charge in [-0.05, 0) is 37.3 Å². The summed E-state index contributed by atoms with van der Waals surface area (Å²) in [5, 5.41) is 16.6. The minimum absolute atomic E-state index is 0.0850. The second kappa shape index (κ2) is 11.6. The number of nitriles is 1. The van der Waals surface area contributed by atoms with E-state index in [9.17, 15) is 19.6 Å². The number of para-hydroxylation sites is 1. The van der Waals surface area contributed by atoms with Gasteiger partial charge in [0.05, 0.1) is 22.8 Å². The van der Waals surface area contributed by atoms with Gasteiger partial charge in [-0.15, -0.1) is 11.3 Å². The molecule has 2 aromatic carbocycles. The molecule has 8 nitrogen and oxygen atoms in total. The molecular formula is C26H23Cl2N5O3S. The van der Waals surface area contributed by atoms with Gasteiger partial charge in [0.1, 0.15) is 27.3 Å². The molecule has 11 heteroatoms. The predicted octanol–water partition coefficient (Wildman–Crippen LogP) is 5.42. The van der Waals surface area contributed by atoms with Crippen LogP contribution in [0.4, 0.5) is 22.1 Å². The first-order chi connectivity index (χ1) is 17.8. The Bertz CT molecular complexity index is 1380. The molecule has 0 spiro atoms. The standard InChI is InChI=1S/C26H23Cl2N5O3S/c1-16(34)13-22(35)31-23-19(15-29)26(33-11-9-32(10-12-33)18-5-3-2-4-6-18)37-24(23)25(36)30-21-8-7-17(27)14-20(21)28/h2-8,14H,9-13H2,1H3,(H,30,36)(H,31,35). The molecule has 1 aliphatic heterocycles. The molecule has 37 heavy (non-hydrogen) atoms. The van der Waals surface area contributed by atoms with Crippen molar-refractivity contribution in [2.24, 2.45) is 0 Å². The lowest BCUT2D eigenvalue weighted by Gasteiger charge is -2.36. The molecule has 1 aromatic heterocycles. The molecule has 190 valence electrons. The molecule has 1 aliphatic rings. The van der Waals surface area contributed by atoms with E-state index in [-0.39, 0.29) is 33.4 Å². The van der Waals surface area contributed by atoms with Gasteiger partial charge < -0.3 is 20.4 Å². The summed E-state index contributed by atoms with van der Waals surface area (Å²) < 4.78 is 0. The van der Waals surface area contributed by atoms with Crippen molar-refractivity contribution in [2.45, 2.75) is 13.3 Å². The number of anilines is 4. The Balaban J connectivity index is 1.64. The van der Waals surface area contributed by atoms with Gasteiger partial charge in [0.25, 0.3) is 5.91 Å². The highest BCUT2D eigenvalue weighted by Gasteiger charge is 2.29. The van der Waals surface area contributed by atoms with Gasteiger partial charge >= 0.3 is 0 Å². The molecule has 0 atom stereocenters. The second-order valence-corrected chi connectivity index (χ2v) is 10.3. The summed E-state index contributed by atoms with van der Waals surface area (Å²) in [6.07, 6.45) is -0.365. The van der Waals surface area contributed by atoms with Crippen LogP contribution < -0.4 is 20.4 Å². The van der Waals surface area contributed by atoms with E-state index in [0.29, 0.717) is 28.8 Å². The summed E-state index contributed by atoms with van der Waals surface area (Å²) in [5.74, 6) is -1.47. The van der Waals surface area contributed by atoms with Crippen molar-refractivity contribution in [3.05, 3.63) is 69.0 Å². The third-order valence-corrected chi connectivity index (χ3v) is 7.55. The Morgan fingerprint density at radius 2 is 1.68 bits per heavy atom. The molecule has 1 saturated heterocycles. The van der Waals surface area contributed by atoms with Crippen LogP contribution in [0, 0.1) is 11.3 Å². The highest BCUT2D eigenvalue weighted by molar-refractivity contribution is 7.19. The third kappa shape index (κ3) is 6.23. The lowest BCUT2D eigenvalue weighted by Crippen LogP contribution is -2.46. The van der Waals surface area contributed by atoms with Crippen LogP contribution in [0.25, 0.3) is 0 Å². The largest absolute Gasteiger partial charge is 0.368 e. The molecule has 3 aromatic rings. The molecule has 0 radical (unpaired) electrons. The van der Waals surface area contributed by atoms with Gasteiger partial charge in [-0.25, -0.2) is 0 Å². The summed E-state index contributed by atoms with van der Waals surface area (Å²) in [5.41, 5.74) is 1.72. The molecule has 1 fully saturated rings. The van der Waals surface area contributed by atoms with Crippen LogP contribution in [0.15, 0.2) is 48.5 Å². The maximum absolute atomic E-state index is 13.3. The minimum Gasteiger partial charge on any atom is -0.368 e. The van der Waals surface area contributed by atoms with Gasteiger partial charge in [0.2, 0.25) is 5.91 Å². The third-order valence-electron chi connectivity index (χ3n) is 5.75. The quantitative estimate of drug-likeness (QED) is 0.377. The van der Waals surface area contributed by atoms with E-state index < -0.39 is 11.8 Å². The summed E-state index contributed by atoms with van der Waals surface area (Å²) in [6.45, 7) is 3.98. The van der Waals surface area contributed by atoms with Crippen molar-refractivity contribution in [1.82, 2.24) is 0 Å². The summed E-state index contributed by atoms with van der Waals surface area (Å²) in [7, 11) is 0. The normalized spacial score (nSPS) is 13.1. The smallest absolute Gasteiger partial charge is 0.268 e. The molecule has 2 amide bonds. The number of halogens is 2. The fourth-order valence-electron chi connectivity index (χ4n) is 4.01. The number of nitrogens with zero attached hydrogens (tertiary/aromatic N) is 3. The summed E-state index contributed by atoms with van der Waals surface area (Å²) in [6, 6.07) is 16.9. The second-order valence-electron chi connectivity index (χ2n) is 8.41. The van der Waals surface area contributed by atoms with E-state index in [2.05, 4.69) is 33.7 Å². The first-order valence-electron chi connectivity index (χ1n) is 11.4. The number of carbonyl (C=O) groups is 3. The average Bonchev–Trinajstić information content (AvgIpc) is 3.24. The maximum Gasteiger partial charge on any atom is 0.268 e. The van der Waals surface area contributed by atoms with Gasteiger partial charge in [0.15, 0.2) is 0 Å². The number of benzene rings is 2. The SMILES string of the molecule is CC(=O)CC(=O)Nc1c(C(=O)Nc2ccc(Cl)cc2Cl)sc(N2CCN(c3ccccc3)CC2)c1C#N. The Morgan fingerprint density at radius 3 is 2.30 bits per heavy atom. The fraction of sp³-hybridized carbons (Fsp3) is 0.231. The number of piperazine rings is 1. The fourth-order valence-corrected chi connectivity index (χ4v) is 5.62. The van der Waals surface area contributed by atoms with Gasteiger partial charge in [-0.2, -0.15) is 5.26 Å². The Labute approximate surface area is 228 Å². The molecule has 4 rings (SSSR count). The monoisotopic (exact) mass is 555 g/mol. The van der Waals surface area contributed by atoms with Gasteiger partial charge in [0, 0.05) is 36.9 Å². The molecule has 2 N–H and O–H groups in total. The number of hydrogen-bond acceptors (Lipinski definition) is 7. The number of amides is 2. The van der Waals surface area contributed by atoms with Crippen LogP contribution in [-0.4, -0.2) is 43.8 Å². The highest BCUT2D eigenvalue weighted by Crippen LogP contribution is 2.41. The number of ketones is 1. The number of carbonyl (C=O) groups excluding carboxylic acids is 3. The number of thiophene rings is 1. The first-order valence-corrected chi connectivity index (χ1v) is 13.0. The van der Waals surface area contributed by atoms with E-state index in [1.807, 2.05) is 23.1 Å². The Hall–Kier alpha value is -3.58. The molecule has 0 unspecified atom stereocenters. The number of rotatable bonds is 7. The van der Waals surface area contributed by atoms with Crippen molar-refractivity contribution in [2.75, 3.05) is 46.6 Å². The van der Waals surface area contributed by atoms with E-state index >= 15 is 0 Å². The highest BCUT2D eigenvalue weighted by atomic mass is 35.5. The molecule has 0 saturated carbocycles. The lowest BCUT2D eigenvalue weighted by molar-refractivity contribution is -0.124. The van der Waals surface area contributed by atoms with E-state index in [1.165, 1.54) is 13.0 Å². The zero-order chi connectivity index (χ0) is 26.5. The van der Waals surface area contributed by atoms with Crippen LogP contribution >= 0.6 is 34.5 Å². The predicted molar refractivity (Wildman–Crippen MR) is 148 cm³/mol. The van der Waals surface area contributed by atoms with E-state index in [4.69, 9.17) is 23.2 Å². The van der Waals surface area contributed by atoms with Crippen molar-refractivity contribution >= 4 is 74.2 Å². The summed E-state index contributed by atoms with van der Waals surface area (Å²) in [4.78, 5) is 41.7. The van der Waals surface area contributed by atoms with E-state index in [1.54, 1.807) is 12.1 Å². The minimum atomic E-state index is -0.596. The summed E-state index contributed by atoms with van der Waals surface area (Å²) >= 11 is 13.3. The van der Waals surface area contributed by atoms with Crippen molar-refractivity contribution in [3.8, 4) is 6.07 Å². The molecule has 2 heterocycles. The molecular weight excluding hydrogens is 533 g/mol. The van der Waals surface area contributed by atoms with Crippen LogP contribution in [0.1, 0.15) is 28.6 Å². The molecule has 0 bridgehead atoms. The van der Waals surface area contributed by atoms with Crippen molar-refractivity contribution < 1.29 is 14.4 Å². The van der Waals surface area contributed by atoms with Crippen LogP contribution in [0.2, 0.25) is 10.0 Å². The molecule has 0 aliphatic carbocycles. The van der Waals surface area contributed by atoms with Crippen LogP contribution in [-0.2, 0) is 9.59 Å². The zero-order valence-electron chi connectivity index (χ0n) is 19.9. The zero-order valence-corrected chi connectivity index (χ0v) is 22.2. The Morgan fingerprint density at radius 1 is 1.00 bits per heavy atom. The first kappa shape index (κ1) is 26.5.